The van der Waals surface area contributed by atoms with Crippen molar-refractivity contribution in [2.24, 2.45) is 0 Å². The molecule has 0 bridgehead atoms. The van der Waals surface area contributed by atoms with Crippen LogP contribution in [0, 0.1) is 0 Å². The van der Waals surface area contributed by atoms with Crippen LogP contribution < -0.4 is 10.6 Å². The summed E-state index contributed by atoms with van der Waals surface area (Å²) in [6, 6.07) is 11.3. The van der Waals surface area contributed by atoms with Crippen LogP contribution in [-0.2, 0) is 9.59 Å². The molecule has 0 saturated carbocycles. The number of nitrogens with one attached hydrogen (secondary N) is 2. The van der Waals surface area contributed by atoms with Gasteiger partial charge in [0, 0.05) is 50.4 Å². The van der Waals surface area contributed by atoms with E-state index >= 15 is 0 Å². The zero-order valence-corrected chi connectivity index (χ0v) is 19.6. The van der Waals surface area contributed by atoms with Crippen LogP contribution in [0.1, 0.15) is 23.3 Å². The van der Waals surface area contributed by atoms with Gasteiger partial charge in [-0.3, -0.25) is 14.4 Å². The third-order valence-electron chi connectivity index (χ3n) is 5.68. The third-order valence-corrected chi connectivity index (χ3v) is 5.68. The summed E-state index contributed by atoms with van der Waals surface area (Å²) in [5.74, 6) is -2.25. The van der Waals surface area contributed by atoms with Gasteiger partial charge in [0.2, 0.25) is 5.91 Å². The fourth-order valence-corrected chi connectivity index (χ4v) is 3.80. The van der Waals surface area contributed by atoms with Gasteiger partial charge in [-0.1, -0.05) is 30.3 Å². The van der Waals surface area contributed by atoms with E-state index in [1.807, 2.05) is 30.3 Å². The predicted molar refractivity (Wildman–Crippen MR) is 130 cm³/mol. The van der Waals surface area contributed by atoms with Gasteiger partial charge in [0.05, 0.1) is 12.3 Å². The molecule has 0 unspecified atom stereocenters. The van der Waals surface area contributed by atoms with Crippen LogP contribution in [0.3, 0.4) is 0 Å². The molecule has 5 N–H and O–H groups in total. The van der Waals surface area contributed by atoms with Crippen molar-refractivity contribution in [1.82, 2.24) is 20.1 Å². The maximum atomic E-state index is 13.2. The second-order valence-electron chi connectivity index (χ2n) is 8.20. The first-order chi connectivity index (χ1) is 17.3. The molecule has 192 valence electrons. The molecule has 0 radical (unpaired) electrons. The Bertz CT molecular complexity index is 1090. The van der Waals surface area contributed by atoms with Crippen molar-refractivity contribution in [3.8, 4) is 11.3 Å². The summed E-state index contributed by atoms with van der Waals surface area (Å²) in [5.41, 5.74) is 1.82. The summed E-state index contributed by atoms with van der Waals surface area (Å²) in [7, 11) is 0. The van der Waals surface area contributed by atoms with Crippen molar-refractivity contribution in [3.63, 3.8) is 0 Å². The number of amides is 3. The number of carbonyl (C=O) groups is 4. The Kier molecular flexibility index (Phi) is 9.17. The molecule has 12 heteroatoms. The van der Waals surface area contributed by atoms with Crippen molar-refractivity contribution in [2.45, 2.75) is 18.9 Å². The Labute approximate surface area is 207 Å². The standard InChI is InChI=1S/C24H29N5O7/c30-13-8-25-17-14-19(16-4-2-1-3-5-16)26-20(15-17)22(33)27-18(6-7-21(31)32)23(34)28-9-11-29(12-10-28)24(35)36/h1-5,14-15,18,30H,6-13H2,(H,25,26)(H,27,33)(H,31,32)(H,35,36)/t18-/m0/s1. The zero-order chi connectivity index (χ0) is 26.1. The van der Waals surface area contributed by atoms with Gasteiger partial charge in [0.15, 0.2) is 0 Å². The van der Waals surface area contributed by atoms with Crippen LogP contribution >= 0.6 is 0 Å². The second kappa shape index (κ2) is 12.5. The first-order valence-corrected chi connectivity index (χ1v) is 11.5. The van der Waals surface area contributed by atoms with Gasteiger partial charge in [-0.15, -0.1) is 0 Å². The SMILES string of the molecule is O=C(O)CC[C@H](NC(=O)c1cc(NCCO)cc(-c2ccccc2)n1)C(=O)N1CCN(C(=O)O)CC1. The van der Waals surface area contributed by atoms with Crippen LogP contribution in [0.15, 0.2) is 42.5 Å². The van der Waals surface area contributed by atoms with Crippen molar-refractivity contribution in [3.05, 3.63) is 48.2 Å². The van der Waals surface area contributed by atoms with Crippen molar-refractivity contribution in [1.29, 1.82) is 0 Å². The highest BCUT2D eigenvalue weighted by Crippen LogP contribution is 2.22. The Hall–Kier alpha value is -4.19. The first kappa shape index (κ1) is 26.4. The van der Waals surface area contributed by atoms with E-state index < -0.39 is 29.9 Å². The molecule has 3 amide bonds. The van der Waals surface area contributed by atoms with Crippen LogP contribution in [0.4, 0.5) is 10.5 Å². The molecule has 36 heavy (non-hydrogen) atoms. The zero-order valence-electron chi connectivity index (χ0n) is 19.6. The smallest absolute Gasteiger partial charge is 0.407 e. The lowest BCUT2D eigenvalue weighted by molar-refractivity contribution is -0.138. The van der Waals surface area contributed by atoms with E-state index in [0.717, 1.165) is 5.56 Å². The summed E-state index contributed by atoms with van der Waals surface area (Å²) in [4.78, 5) is 55.7. The molecule has 3 rings (SSSR count). The van der Waals surface area contributed by atoms with Gasteiger partial charge >= 0.3 is 12.1 Å². The van der Waals surface area contributed by atoms with E-state index in [9.17, 15) is 19.2 Å². The van der Waals surface area contributed by atoms with E-state index in [1.165, 1.54) is 15.9 Å². The number of nitrogens with zero attached hydrogens (tertiary/aromatic N) is 3. The molecule has 12 nitrogen and oxygen atoms in total. The summed E-state index contributed by atoms with van der Waals surface area (Å²) in [5, 5.41) is 33.0. The van der Waals surface area contributed by atoms with E-state index in [2.05, 4.69) is 15.6 Å². The fraction of sp³-hybridized carbons (Fsp3) is 0.375. The number of aromatic nitrogens is 1. The molecule has 0 spiro atoms. The minimum Gasteiger partial charge on any atom is -0.481 e. The number of aliphatic carboxylic acids is 1. The quantitative estimate of drug-likeness (QED) is 0.319. The number of piperazine rings is 1. The molecule has 0 aliphatic carbocycles. The minimum absolute atomic E-state index is 0.0145. The molecule has 2 aromatic rings. The Balaban J connectivity index is 1.82. The van der Waals surface area contributed by atoms with Crippen LogP contribution in [0.5, 0.6) is 0 Å². The highest BCUT2D eigenvalue weighted by atomic mass is 16.4. The predicted octanol–water partition coefficient (Wildman–Crippen LogP) is 0.938. The summed E-state index contributed by atoms with van der Waals surface area (Å²) in [6.45, 7) is 0.665. The highest BCUT2D eigenvalue weighted by Gasteiger charge is 2.30. The van der Waals surface area contributed by atoms with E-state index in [-0.39, 0.29) is 57.9 Å². The number of aliphatic hydroxyl groups excluding tert-OH is 1. The van der Waals surface area contributed by atoms with Crippen LogP contribution in [0.25, 0.3) is 11.3 Å². The molecule has 1 aromatic heterocycles. The number of hydrogen-bond donors (Lipinski definition) is 5. The molecule has 1 aliphatic heterocycles. The first-order valence-electron chi connectivity index (χ1n) is 11.5. The molecule has 1 atom stereocenters. The van der Waals surface area contributed by atoms with Crippen molar-refractivity contribution >= 4 is 29.6 Å². The lowest BCUT2D eigenvalue weighted by Crippen LogP contribution is -2.55. The van der Waals surface area contributed by atoms with E-state index in [4.69, 9.17) is 15.3 Å². The van der Waals surface area contributed by atoms with E-state index in [0.29, 0.717) is 11.4 Å². The van der Waals surface area contributed by atoms with Gasteiger partial charge in [-0.25, -0.2) is 9.78 Å². The lowest BCUT2D eigenvalue weighted by atomic mass is 10.1. The van der Waals surface area contributed by atoms with Gasteiger partial charge in [-0.2, -0.15) is 0 Å². The van der Waals surface area contributed by atoms with Crippen molar-refractivity contribution < 1.29 is 34.5 Å². The number of benzene rings is 1. The van der Waals surface area contributed by atoms with Gasteiger partial charge in [0.1, 0.15) is 11.7 Å². The number of carboxylic acids is 1. The summed E-state index contributed by atoms with van der Waals surface area (Å²) < 4.78 is 0. The average molecular weight is 500 g/mol. The number of aliphatic hydroxyl groups is 1. The minimum atomic E-state index is -1.12. The average Bonchev–Trinajstić information content (AvgIpc) is 2.89. The molecular weight excluding hydrogens is 470 g/mol. The number of rotatable bonds is 10. The maximum absolute atomic E-state index is 13.2. The lowest BCUT2D eigenvalue weighted by Gasteiger charge is -2.35. The summed E-state index contributed by atoms with van der Waals surface area (Å²) >= 11 is 0. The Morgan fingerprint density at radius 3 is 2.25 bits per heavy atom. The fourth-order valence-electron chi connectivity index (χ4n) is 3.80. The summed E-state index contributed by atoms with van der Waals surface area (Å²) in [6.07, 6.45) is -1.55. The largest absolute Gasteiger partial charge is 0.481 e. The molecule has 1 aliphatic rings. The Morgan fingerprint density at radius 2 is 1.64 bits per heavy atom. The number of carbonyl (C=O) groups excluding carboxylic acids is 2. The molecule has 2 heterocycles. The Morgan fingerprint density at radius 1 is 0.972 bits per heavy atom. The third kappa shape index (κ3) is 7.15. The second-order valence-corrected chi connectivity index (χ2v) is 8.20. The van der Waals surface area contributed by atoms with Crippen LogP contribution in [0.2, 0.25) is 0 Å². The maximum Gasteiger partial charge on any atom is 0.407 e. The molecule has 1 fully saturated rings. The van der Waals surface area contributed by atoms with Crippen molar-refractivity contribution in [2.75, 3.05) is 44.6 Å². The van der Waals surface area contributed by atoms with Crippen LogP contribution in [-0.4, -0.2) is 99.4 Å². The topological polar surface area (TPSA) is 172 Å². The van der Waals surface area contributed by atoms with Gasteiger partial charge in [-0.05, 0) is 18.6 Å². The van der Waals surface area contributed by atoms with E-state index in [1.54, 1.807) is 6.07 Å². The van der Waals surface area contributed by atoms with Gasteiger partial charge in [0.25, 0.3) is 5.91 Å². The number of anilines is 1. The normalized spacial score (nSPS) is 14.1. The van der Waals surface area contributed by atoms with Gasteiger partial charge < -0.3 is 35.8 Å². The molecule has 1 saturated heterocycles. The number of pyridine rings is 1. The number of carboxylic acid groups (broad SMARTS) is 2. The molecular formula is C24H29N5O7. The monoisotopic (exact) mass is 499 g/mol. The highest BCUT2D eigenvalue weighted by molar-refractivity contribution is 5.97. The molecule has 1 aromatic carbocycles. The number of hydrogen-bond acceptors (Lipinski definition) is 7.